The molecule has 0 unspecified atom stereocenters. The summed E-state index contributed by atoms with van der Waals surface area (Å²) in [6, 6.07) is 0. The van der Waals surface area contributed by atoms with Gasteiger partial charge in [0.2, 0.25) is 0 Å². The van der Waals surface area contributed by atoms with E-state index >= 15 is 0 Å². The fourth-order valence-corrected chi connectivity index (χ4v) is 1.19. The highest BCUT2D eigenvalue weighted by atomic mass is 15.2. The van der Waals surface area contributed by atoms with Gasteiger partial charge in [-0.1, -0.05) is 6.92 Å². The van der Waals surface area contributed by atoms with Crippen molar-refractivity contribution < 1.29 is 0 Å². The van der Waals surface area contributed by atoms with Crippen molar-refractivity contribution >= 4 is 0 Å². The Balaban J connectivity index is 2.08. The van der Waals surface area contributed by atoms with Gasteiger partial charge in [0.05, 0.1) is 0 Å². The Kier molecular flexibility index (Phi) is 3.01. The Hall–Kier alpha value is -0.0800. The van der Waals surface area contributed by atoms with Gasteiger partial charge in [-0.25, -0.2) is 5.32 Å². The lowest BCUT2D eigenvalue weighted by atomic mass is 10.3. The van der Waals surface area contributed by atoms with Gasteiger partial charge in [0, 0.05) is 26.2 Å². The van der Waals surface area contributed by atoms with Crippen molar-refractivity contribution in [3.8, 4) is 0 Å². The summed E-state index contributed by atoms with van der Waals surface area (Å²) in [5.41, 5.74) is 0. The summed E-state index contributed by atoms with van der Waals surface area (Å²) in [6.45, 7) is 7.98. The van der Waals surface area contributed by atoms with Gasteiger partial charge in [-0.15, -0.1) is 0 Å². The lowest BCUT2D eigenvalue weighted by molar-refractivity contribution is 0.239. The van der Waals surface area contributed by atoms with Crippen LogP contribution in [0, 0.1) is 0 Å². The minimum Gasteiger partial charge on any atom is -0.301 e. The number of hydrogen-bond donors (Lipinski definition) is 0. The Morgan fingerprint density at radius 1 is 1.33 bits per heavy atom. The van der Waals surface area contributed by atoms with E-state index in [1.807, 2.05) is 0 Å². The van der Waals surface area contributed by atoms with Crippen LogP contribution in [0.25, 0.3) is 0 Å². The molecule has 1 saturated heterocycles. The summed E-state index contributed by atoms with van der Waals surface area (Å²) in [5, 5.41) is 4.27. The van der Waals surface area contributed by atoms with E-state index in [0.717, 1.165) is 13.1 Å². The van der Waals surface area contributed by atoms with Crippen LogP contribution in [-0.2, 0) is 0 Å². The lowest BCUT2D eigenvalue weighted by Gasteiger charge is -2.25. The van der Waals surface area contributed by atoms with Crippen LogP contribution in [0.3, 0.4) is 0 Å². The summed E-state index contributed by atoms with van der Waals surface area (Å²) in [4.78, 5) is 2.48. The Morgan fingerprint density at radius 2 is 2.00 bits per heavy atom. The average Bonchev–Trinajstić information content (AvgIpc) is 1.91. The highest BCUT2D eigenvalue weighted by molar-refractivity contribution is 4.65. The molecule has 0 N–H and O–H groups in total. The van der Waals surface area contributed by atoms with E-state index in [9.17, 15) is 0 Å². The van der Waals surface area contributed by atoms with Gasteiger partial charge in [0.1, 0.15) is 0 Å². The van der Waals surface area contributed by atoms with Crippen LogP contribution in [0.4, 0.5) is 0 Å². The van der Waals surface area contributed by atoms with Gasteiger partial charge >= 0.3 is 0 Å². The van der Waals surface area contributed by atoms with E-state index in [0.29, 0.717) is 0 Å². The van der Waals surface area contributed by atoms with Crippen LogP contribution in [0.2, 0.25) is 0 Å². The number of piperazine rings is 1. The second-order valence-corrected chi connectivity index (χ2v) is 2.51. The second kappa shape index (κ2) is 3.85. The molecule has 0 spiro atoms. The third-order valence-electron chi connectivity index (χ3n) is 1.69. The molecule has 0 amide bonds. The third kappa shape index (κ3) is 2.33. The SMILES string of the molecule is CCCN1CC[N]CC1. The van der Waals surface area contributed by atoms with Crippen LogP contribution in [0.1, 0.15) is 13.3 Å². The van der Waals surface area contributed by atoms with Gasteiger partial charge in [-0.2, -0.15) is 0 Å². The Labute approximate surface area is 57.2 Å². The molecular formula is C7H15N2. The van der Waals surface area contributed by atoms with E-state index in [4.69, 9.17) is 0 Å². The van der Waals surface area contributed by atoms with Gasteiger partial charge in [0.15, 0.2) is 0 Å². The van der Waals surface area contributed by atoms with Crippen molar-refractivity contribution in [3.05, 3.63) is 0 Å². The van der Waals surface area contributed by atoms with Crippen LogP contribution in [-0.4, -0.2) is 37.6 Å². The van der Waals surface area contributed by atoms with E-state index in [1.54, 1.807) is 0 Å². The largest absolute Gasteiger partial charge is 0.301 e. The lowest BCUT2D eigenvalue weighted by Crippen LogP contribution is -2.40. The minimum atomic E-state index is 1.06. The maximum absolute atomic E-state index is 4.27. The van der Waals surface area contributed by atoms with E-state index < -0.39 is 0 Å². The number of rotatable bonds is 2. The standard InChI is InChI=1S/C7H15N2/c1-2-5-9-6-3-8-4-7-9/h2-7H2,1H3. The minimum absolute atomic E-state index is 1.06. The van der Waals surface area contributed by atoms with Crippen molar-refractivity contribution in [3.63, 3.8) is 0 Å². The molecule has 1 heterocycles. The Morgan fingerprint density at radius 3 is 2.56 bits per heavy atom. The summed E-state index contributed by atoms with van der Waals surface area (Å²) in [6.07, 6.45) is 1.28. The molecule has 53 valence electrons. The summed E-state index contributed by atoms with van der Waals surface area (Å²) >= 11 is 0. The van der Waals surface area contributed by atoms with Gasteiger partial charge < -0.3 is 4.90 Å². The molecule has 0 bridgehead atoms. The highest BCUT2D eigenvalue weighted by Gasteiger charge is 2.07. The fourth-order valence-electron chi connectivity index (χ4n) is 1.19. The smallest absolute Gasteiger partial charge is 0.0261 e. The third-order valence-corrected chi connectivity index (χ3v) is 1.69. The zero-order valence-corrected chi connectivity index (χ0v) is 6.14. The number of hydrogen-bond acceptors (Lipinski definition) is 1. The highest BCUT2D eigenvalue weighted by Crippen LogP contribution is 1.93. The van der Waals surface area contributed by atoms with E-state index in [-0.39, 0.29) is 0 Å². The molecule has 0 aromatic carbocycles. The maximum Gasteiger partial charge on any atom is 0.0261 e. The molecule has 1 rings (SSSR count). The van der Waals surface area contributed by atoms with Crippen molar-refractivity contribution in [1.29, 1.82) is 0 Å². The van der Waals surface area contributed by atoms with Crippen LogP contribution >= 0.6 is 0 Å². The van der Waals surface area contributed by atoms with Crippen LogP contribution < -0.4 is 5.32 Å². The van der Waals surface area contributed by atoms with Crippen LogP contribution in [0.15, 0.2) is 0 Å². The topological polar surface area (TPSA) is 17.3 Å². The molecule has 1 radical (unpaired) electrons. The molecule has 0 aliphatic carbocycles. The first-order valence-corrected chi connectivity index (χ1v) is 3.79. The zero-order chi connectivity index (χ0) is 6.53. The molecule has 2 heteroatoms. The summed E-state index contributed by atoms with van der Waals surface area (Å²) in [5.74, 6) is 0. The van der Waals surface area contributed by atoms with Crippen molar-refractivity contribution in [2.24, 2.45) is 0 Å². The van der Waals surface area contributed by atoms with Crippen molar-refractivity contribution in [2.75, 3.05) is 32.7 Å². The number of nitrogens with zero attached hydrogens (tertiary/aromatic N) is 2. The molecule has 1 aliphatic rings. The molecule has 1 aliphatic heterocycles. The normalized spacial score (nSPS) is 22.3. The molecule has 0 aromatic heterocycles. The molecule has 1 fully saturated rings. The average molecular weight is 127 g/mol. The first kappa shape index (κ1) is 7.03. The predicted octanol–water partition coefficient (Wildman–Crippen LogP) is 0.316. The molecule has 0 saturated carbocycles. The quantitative estimate of drug-likeness (QED) is 0.522. The van der Waals surface area contributed by atoms with Gasteiger partial charge in [-0.05, 0) is 13.0 Å². The van der Waals surface area contributed by atoms with Gasteiger partial charge in [0.25, 0.3) is 0 Å². The predicted molar refractivity (Wildman–Crippen MR) is 38.6 cm³/mol. The molecule has 0 atom stereocenters. The molecule has 0 aromatic rings. The monoisotopic (exact) mass is 127 g/mol. The van der Waals surface area contributed by atoms with Crippen molar-refractivity contribution in [1.82, 2.24) is 10.2 Å². The fraction of sp³-hybridized carbons (Fsp3) is 1.00. The zero-order valence-electron chi connectivity index (χ0n) is 6.14. The molecule has 2 nitrogen and oxygen atoms in total. The van der Waals surface area contributed by atoms with Gasteiger partial charge in [-0.3, -0.25) is 0 Å². The molecular weight excluding hydrogens is 112 g/mol. The van der Waals surface area contributed by atoms with Crippen molar-refractivity contribution in [2.45, 2.75) is 13.3 Å². The van der Waals surface area contributed by atoms with E-state index in [2.05, 4.69) is 17.1 Å². The van der Waals surface area contributed by atoms with Crippen LogP contribution in [0.5, 0.6) is 0 Å². The second-order valence-electron chi connectivity index (χ2n) is 2.51. The first-order valence-electron chi connectivity index (χ1n) is 3.79. The first-order chi connectivity index (χ1) is 4.43. The molecule has 9 heavy (non-hydrogen) atoms. The van der Waals surface area contributed by atoms with E-state index in [1.165, 1.54) is 26.1 Å². The Bertz CT molecular complexity index is 64.6. The summed E-state index contributed by atoms with van der Waals surface area (Å²) in [7, 11) is 0. The summed E-state index contributed by atoms with van der Waals surface area (Å²) < 4.78 is 0. The maximum atomic E-state index is 4.27.